The molecule has 144 valence electrons. The fourth-order valence-electron chi connectivity index (χ4n) is 2.19. The van der Waals surface area contributed by atoms with Gasteiger partial charge in [0, 0.05) is 24.9 Å². The molecular weight excluding hydrogens is 356 g/mol. The number of carbonyl (C=O) groups is 2. The van der Waals surface area contributed by atoms with Gasteiger partial charge < -0.3 is 10.1 Å². The van der Waals surface area contributed by atoms with E-state index in [1.807, 2.05) is 6.92 Å². The molecule has 0 aromatic heterocycles. The summed E-state index contributed by atoms with van der Waals surface area (Å²) in [5.74, 6) is -1.14. The Morgan fingerprint density at radius 1 is 1.19 bits per heavy atom. The fraction of sp³-hybridized carbons (Fsp3) is 0.444. The van der Waals surface area contributed by atoms with Crippen molar-refractivity contribution in [1.82, 2.24) is 4.31 Å². The predicted molar refractivity (Wildman–Crippen MR) is 100 cm³/mol. The Morgan fingerprint density at radius 2 is 1.85 bits per heavy atom. The second kappa shape index (κ2) is 10.1. The van der Waals surface area contributed by atoms with E-state index in [0.29, 0.717) is 30.8 Å². The third kappa shape index (κ3) is 5.96. The molecule has 0 atom stereocenters. The lowest BCUT2D eigenvalue weighted by Crippen LogP contribution is -2.30. The van der Waals surface area contributed by atoms with Gasteiger partial charge >= 0.3 is 5.97 Å². The normalized spacial score (nSPS) is 11.7. The average Bonchev–Trinajstić information content (AvgIpc) is 2.60. The van der Waals surface area contributed by atoms with Crippen molar-refractivity contribution >= 4 is 27.6 Å². The molecule has 0 spiro atoms. The minimum Gasteiger partial charge on any atom is -0.452 e. The number of ether oxygens (including phenoxy) is 1. The van der Waals surface area contributed by atoms with Crippen LogP contribution in [0.15, 0.2) is 35.2 Å². The van der Waals surface area contributed by atoms with E-state index < -0.39 is 28.5 Å². The minimum atomic E-state index is -3.62. The van der Waals surface area contributed by atoms with Gasteiger partial charge in [0.25, 0.3) is 5.91 Å². The number of carbonyl (C=O) groups excluding carboxylic acids is 2. The molecule has 7 nitrogen and oxygen atoms in total. The average molecular weight is 382 g/mol. The smallest absolute Gasteiger partial charge is 0.330 e. The molecule has 0 aliphatic carbocycles. The third-order valence-electron chi connectivity index (χ3n) is 3.66. The molecule has 0 aliphatic rings. The minimum absolute atomic E-state index is 0.102. The summed E-state index contributed by atoms with van der Waals surface area (Å²) in [4.78, 5) is 23.5. The third-order valence-corrected chi connectivity index (χ3v) is 5.71. The second-order valence-corrected chi connectivity index (χ2v) is 7.47. The maximum Gasteiger partial charge on any atom is 0.330 e. The van der Waals surface area contributed by atoms with Crippen LogP contribution < -0.4 is 5.32 Å². The Kier molecular flexibility index (Phi) is 8.47. The van der Waals surface area contributed by atoms with Gasteiger partial charge in [0.15, 0.2) is 6.61 Å². The number of nitrogens with zero attached hydrogens (tertiary/aromatic N) is 1. The van der Waals surface area contributed by atoms with Gasteiger partial charge in [0.1, 0.15) is 0 Å². The molecule has 0 radical (unpaired) electrons. The summed E-state index contributed by atoms with van der Waals surface area (Å²) in [5.41, 5.74) is 1.07. The summed E-state index contributed by atoms with van der Waals surface area (Å²) >= 11 is 0. The quantitative estimate of drug-likeness (QED) is 0.523. The zero-order valence-electron chi connectivity index (χ0n) is 15.6. The number of hydrogen-bond acceptors (Lipinski definition) is 5. The van der Waals surface area contributed by atoms with Crippen LogP contribution in [0.5, 0.6) is 0 Å². The second-order valence-electron chi connectivity index (χ2n) is 5.53. The van der Waals surface area contributed by atoms with E-state index in [0.717, 1.165) is 0 Å². The first-order valence-corrected chi connectivity index (χ1v) is 9.94. The lowest BCUT2D eigenvalue weighted by atomic mass is 10.2. The van der Waals surface area contributed by atoms with Crippen LogP contribution in [-0.2, 0) is 24.3 Å². The number of nitrogens with one attached hydrogen (secondary N) is 1. The molecule has 0 saturated carbocycles. The number of rotatable bonds is 9. The van der Waals surface area contributed by atoms with E-state index in [1.165, 1.54) is 22.5 Å². The highest BCUT2D eigenvalue weighted by Crippen LogP contribution is 2.23. The zero-order chi connectivity index (χ0) is 19.7. The number of aryl methyl sites for hydroxylation is 1. The summed E-state index contributed by atoms with van der Waals surface area (Å²) < 4.78 is 31.4. The number of amides is 1. The van der Waals surface area contributed by atoms with Crippen molar-refractivity contribution in [1.29, 1.82) is 0 Å². The molecule has 0 aliphatic heterocycles. The summed E-state index contributed by atoms with van der Waals surface area (Å²) in [7, 11) is -3.62. The highest BCUT2D eigenvalue weighted by atomic mass is 32.2. The van der Waals surface area contributed by atoms with E-state index in [2.05, 4.69) is 5.32 Å². The summed E-state index contributed by atoms with van der Waals surface area (Å²) in [6.45, 7) is 7.42. The van der Waals surface area contributed by atoms with Crippen LogP contribution in [0, 0.1) is 6.92 Å². The molecule has 0 heterocycles. The van der Waals surface area contributed by atoms with Crippen molar-refractivity contribution in [3.63, 3.8) is 0 Å². The molecule has 26 heavy (non-hydrogen) atoms. The maximum atomic E-state index is 12.6. The monoisotopic (exact) mass is 382 g/mol. The summed E-state index contributed by atoms with van der Waals surface area (Å²) in [6, 6.07) is 4.55. The van der Waals surface area contributed by atoms with Gasteiger partial charge in [-0.2, -0.15) is 4.31 Å². The molecule has 1 amide bonds. The van der Waals surface area contributed by atoms with Gasteiger partial charge in [-0.3, -0.25) is 4.79 Å². The van der Waals surface area contributed by atoms with E-state index in [1.54, 1.807) is 32.9 Å². The van der Waals surface area contributed by atoms with Gasteiger partial charge in [0.2, 0.25) is 10.0 Å². The number of sulfonamides is 1. The number of esters is 1. The topological polar surface area (TPSA) is 92.8 Å². The maximum absolute atomic E-state index is 12.6. The Morgan fingerprint density at radius 3 is 2.42 bits per heavy atom. The summed E-state index contributed by atoms with van der Waals surface area (Å²) in [6.07, 6.45) is 3.58. The molecular formula is C18H26N2O5S. The first-order chi connectivity index (χ1) is 12.3. The van der Waals surface area contributed by atoms with E-state index in [-0.39, 0.29) is 4.90 Å². The highest BCUT2D eigenvalue weighted by Gasteiger charge is 2.22. The number of anilines is 1. The lowest BCUT2D eigenvalue weighted by molar-refractivity contribution is -0.142. The molecule has 1 aromatic rings. The zero-order valence-corrected chi connectivity index (χ0v) is 16.4. The van der Waals surface area contributed by atoms with Crippen LogP contribution in [0.25, 0.3) is 0 Å². The molecule has 1 rings (SSSR count). The number of allylic oxidation sites excluding steroid dienone is 1. The van der Waals surface area contributed by atoms with Crippen molar-refractivity contribution in [2.75, 3.05) is 25.0 Å². The van der Waals surface area contributed by atoms with E-state index in [9.17, 15) is 18.0 Å². The van der Waals surface area contributed by atoms with Gasteiger partial charge in [-0.15, -0.1) is 0 Å². The Bertz CT molecular complexity index is 768. The molecule has 8 heteroatoms. The Labute approximate surface area is 155 Å². The van der Waals surface area contributed by atoms with Crippen LogP contribution >= 0.6 is 0 Å². The van der Waals surface area contributed by atoms with Crippen molar-refractivity contribution in [3.05, 3.63) is 35.9 Å². The van der Waals surface area contributed by atoms with Gasteiger partial charge in [-0.05, 0) is 31.0 Å². The summed E-state index contributed by atoms with van der Waals surface area (Å²) in [5, 5.41) is 2.59. The largest absolute Gasteiger partial charge is 0.452 e. The lowest BCUT2D eigenvalue weighted by Gasteiger charge is -2.19. The van der Waals surface area contributed by atoms with Crippen LogP contribution in [0.4, 0.5) is 5.69 Å². The van der Waals surface area contributed by atoms with Crippen molar-refractivity contribution in [3.8, 4) is 0 Å². The van der Waals surface area contributed by atoms with Gasteiger partial charge in [-0.1, -0.05) is 32.9 Å². The molecule has 1 N–H and O–H groups in total. The molecule has 0 unspecified atom stereocenters. The predicted octanol–water partition coefficient (Wildman–Crippen LogP) is 2.47. The van der Waals surface area contributed by atoms with Crippen molar-refractivity contribution < 1.29 is 22.7 Å². The first kappa shape index (κ1) is 21.9. The Hall–Kier alpha value is -2.19. The van der Waals surface area contributed by atoms with Crippen LogP contribution in [-0.4, -0.2) is 44.3 Å². The molecule has 0 fully saturated rings. The Balaban J connectivity index is 2.89. The number of hydrogen-bond donors (Lipinski definition) is 1. The highest BCUT2D eigenvalue weighted by molar-refractivity contribution is 7.89. The van der Waals surface area contributed by atoms with Crippen LogP contribution in [0.2, 0.25) is 0 Å². The van der Waals surface area contributed by atoms with Gasteiger partial charge in [-0.25, -0.2) is 13.2 Å². The van der Waals surface area contributed by atoms with Crippen LogP contribution in [0.3, 0.4) is 0 Å². The molecule has 0 bridgehead atoms. The van der Waals surface area contributed by atoms with E-state index >= 15 is 0 Å². The molecule has 0 saturated heterocycles. The van der Waals surface area contributed by atoms with Gasteiger partial charge in [0.05, 0.1) is 4.90 Å². The van der Waals surface area contributed by atoms with E-state index in [4.69, 9.17) is 4.74 Å². The number of benzene rings is 1. The molecule has 1 aromatic carbocycles. The van der Waals surface area contributed by atoms with Crippen LogP contribution in [0.1, 0.15) is 32.8 Å². The first-order valence-electron chi connectivity index (χ1n) is 8.50. The van der Waals surface area contributed by atoms with Crippen molar-refractivity contribution in [2.24, 2.45) is 0 Å². The SMILES string of the molecule is CC/C=C/C(=O)OCC(=O)Nc1cc(S(=O)(=O)N(CC)CC)ccc1C. The van der Waals surface area contributed by atoms with Crippen molar-refractivity contribution in [2.45, 2.75) is 39.0 Å². The standard InChI is InChI=1S/C18H26N2O5S/c1-5-8-9-18(22)25-13-17(21)19-16-12-15(11-10-14(16)4)26(23,24)20(6-2)7-3/h8-12H,5-7,13H2,1-4H3,(H,19,21)/b9-8+. The fourth-order valence-corrected chi connectivity index (χ4v) is 3.68.